The van der Waals surface area contributed by atoms with E-state index in [0.29, 0.717) is 19.8 Å². The van der Waals surface area contributed by atoms with Crippen LogP contribution in [0.15, 0.2) is 24.7 Å². The average molecular weight is 300 g/mol. The largest absolute Gasteiger partial charge is 0.378 e. The van der Waals surface area contributed by atoms with Crippen LogP contribution in [0, 0.1) is 6.92 Å². The Hall–Kier alpha value is -2.12. The number of hydrogen-bond donors (Lipinski definition) is 1. The standard InChI is InChI=1S/C15H20N6O/c1-11-7-14(16-2)20-15(19-11)13-10-22-6-5-21(13)9-12-8-17-3-4-18-12/h3-4,7-8,13H,5-6,9-10H2,1-2H3,(H,16,19,20)/t13-/m0/s1. The summed E-state index contributed by atoms with van der Waals surface area (Å²) >= 11 is 0. The number of ether oxygens (including phenoxy) is 1. The number of nitrogens with zero attached hydrogens (tertiary/aromatic N) is 5. The Kier molecular flexibility index (Phi) is 4.55. The molecule has 0 amide bonds. The molecule has 0 saturated carbocycles. The topological polar surface area (TPSA) is 76.1 Å². The summed E-state index contributed by atoms with van der Waals surface area (Å²) < 4.78 is 5.64. The molecule has 0 unspecified atom stereocenters. The first-order chi connectivity index (χ1) is 10.8. The Labute approximate surface area is 129 Å². The maximum Gasteiger partial charge on any atom is 0.150 e. The van der Waals surface area contributed by atoms with Gasteiger partial charge >= 0.3 is 0 Å². The van der Waals surface area contributed by atoms with Gasteiger partial charge in [-0.2, -0.15) is 0 Å². The zero-order valence-corrected chi connectivity index (χ0v) is 12.9. The van der Waals surface area contributed by atoms with Crippen LogP contribution in [0.3, 0.4) is 0 Å². The van der Waals surface area contributed by atoms with Gasteiger partial charge < -0.3 is 10.1 Å². The van der Waals surface area contributed by atoms with E-state index in [1.165, 1.54) is 0 Å². The Morgan fingerprint density at radius 1 is 1.36 bits per heavy atom. The average Bonchev–Trinajstić information content (AvgIpc) is 2.55. The highest BCUT2D eigenvalue weighted by Crippen LogP contribution is 2.24. The van der Waals surface area contributed by atoms with Gasteiger partial charge in [-0.05, 0) is 6.92 Å². The van der Waals surface area contributed by atoms with Crippen molar-refractivity contribution in [2.75, 3.05) is 32.1 Å². The van der Waals surface area contributed by atoms with E-state index in [1.54, 1.807) is 18.6 Å². The smallest absolute Gasteiger partial charge is 0.150 e. The Bertz CT molecular complexity index is 621. The minimum Gasteiger partial charge on any atom is -0.378 e. The Morgan fingerprint density at radius 3 is 3.05 bits per heavy atom. The summed E-state index contributed by atoms with van der Waals surface area (Å²) in [4.78, 5) is 20.0. The second-order valence-corrected chi connectivity index (χ2v) is 5.26. The first-order valence-electron chi connectivity index (χ1n) is 7.36. The fraction of sp³-hybridized carbons (Fsp3) is 0.467. The predicted molar refractivity (Wildman–Crippen MR) is 82.3 cm³/mol. The zero-order chi connectivity index (χ0) is 15.4. The maximum atomic E-state index is 5.64. The van der Waals surface area contributed by atoms with E-state index in [2.05, 4.69) is 30.2 Å². The number of morpholine rings is 1. The molecule has 7 heteroatoms. The van der Waals surface area contributed by atoms with Gasteiger partial charge in [-0.15, -0.1) is 0 Å². The second-order valence-electron chi connectivity index (χ2n) is 5.26. The number of nitrogens with one attached hydrogen (secondary N) is 1. The van der Waals surface area contributed by atoms with Gasteiger partial charge in [0.05, 0.1) is 24.9 Å². The lowest BCUT2D eigenvalue weighted by atomic mass is 10.2. The molecule has 3 heterocycles. The third-order valence-electron chi connectivity index (χ3n) is 3.65. The summed E-state index contributed by atoms with van der Waals surface area (Å²) in [5.41, 5.74) is 1.88. The first-order valence-corrected chi connectivity index (χ1v) is 7.36. The van der Waals surface area contributed by atoms with Gasteiger partial charge in [0.2, 0.25) is 0 Å². The zero-order valence-electron chi connectivity index (χ0n) is 12.9. The van der Waals surface area contributed by atoms with Crippen molar-refractivity contribution in [2.45, 2.75) is 19.5 Å². The number of rotatable bonds is 4. The van der Waals surface area contributed by atoms with Crippen molar-refractivity contribution in [3.63, 3.8) is 0 Å². The van der Waals surface area contributed by atoms with Crippen LogP contribution < -0.4 is 5.32 Å². The van der Waals surface area contributed by atoms with Crippen LogP contribution in [0.2, 0.25) is 0 Å². The summed E-state index contributed by atoms with van der Waals surface area (Å²) in [7, 11) is 1.86. The molecule has 116 valence electrons. The molecule has 0 bridgehead atoms. The van der Waals surface area contributed by atoms with E-state index in [4.69, 9.17) is 4.74 Å². The lowest BCUT2D eigenvalue weighted by Gasteiger charge is -2.34. The molecule has 0 aromatic carbocycles. The lowest BCUT2D eigenvalue weighted by molar-refractivity contribution is -0.0165. The molecule has 1 aliphatic heterocycles. The fourth-order valence-corrected chi connectivity index (χ4v) is 2.55. The Balaban J connectivity index is 1.84. The highest BCUT2D eigenvalue weighted by molar-refractivity contribution is 5.35. The number of aryl methyl sites for hydroxylation is 1. The van der Waals surface area contributed by atoms with E-state index in [1.807, 2.05) is 20.0 Å². The first kappa shape index (κ1) is 14.8. The number of anilines is 1. The maximum absolute atomic E-state index is 5.64. The van der Waals surface area contributed by atoms with Crippen LogP contribution >= 0.6 is 0 Å². The van der Waals surface area contributed by atoms with E-state index >= 15 is 0 Å². The lowest BCUT2D eigenvalue weighted by Crippen LogP contribution is -2.40. The van der Waals surface area contributed by atoms with Gasteiger partial charge in [0.1, 0.15) is 11.6 Å². The minimum atomic E-state index is 0.0303. The third kappa shape index (κ3) is 3.37. The SMILES string of the molecule is CNc1cc(C)nc([C@@H]2COCCN2Cc2cnccn2)n1. The van der Waals surface area contributed by atoms with Gasteiger partial charge in [-0.3, -0.25) is 14.9 Å². The van der Waals surface area contributed by atoms with Crippen LogP contribution in [-0.2, 0) is 11.3 Å². The number of aromatic nitrogens is 4. The molecule has 2 aromatic heterocycles. The summed E-state index contributed by atoms with van der Waals surface area (Å²) in [6.07, 6.45) is 5.19. The molecule has 1 N–H and O–H groups in total. The molecule has 0 radical (unpaired) electrons. The number of hydrogen-bond acceptors (Lipinski definition) is 7. The Morgan fingerprint density at radius 2 is 2.27 bits per heavy atom. The predicted octanol–water partition coefficient (Wildman–Crippen LogP) is 1.19. The summed E-state index contributed by atoms with van der Waals surface area (Å²) in [6.45, 7) is 4.82. The van der Waals surface area contributed by atoms with Crippen LogP contribution in [0.5, 0.6) is 0 Å². The van der Waals surface area contributed by atoms with E-state index in [9.17, 15) is 0 Å². The van der Waals surface area contributed by atoms with Crippen LogP contribution in [0.1, 0.15) is 23.3 Å². The van der Waals surface area contributed by atoms with Gasteiger partial charge in [0.25, 0.3) is 0 Å². The quantitative estimate of drug-likeness (QED) is 0.909. The molecule has 1 aliphatic rings. The van der Waals surface area contributed by atoms with E-state index in [0.717, 1.165) is 29.6 Å². The molecular weight excluding hydrogens is 280 g/mol. The summed E-state index contributed by atoms with van der Waals surface area (Å²) in [5.74, 6) is 1.61. The molecule has 3 rings (SSSR count). The van der Waals surface area contributed by atoms with Crippen molar-refractivity contribution in [2.24, 2.45) is 0 Å². The van der Waals surface area contributed by atoms with Crippen molar-refractivity contribution >= 4 is 5.82 Å². The minimum absolute atomic E-state index is 0.0303. The van der Waals surface area contributed by atoms with Crippen molar-refractivity contribution in [3.05, 3.63) is 41.9 Å². The molecule has 0 aliphatic carbocycles. The van der Waals surface area contributed by atoms with Gasteiger partial charge in [0, 0.05) is 50.5 Å². The highest BCUT2D eigenvalue weighted by Gasteiger charge is 2.27. The van der Waals surface area contributed by atoms with Crippen molar-refractivity contribution < 1.29 is 4.74 Å². The summed E-state index contributed by atoms with van der Waals surface area (Å²) in [6, 6.07) is 1.96. The van der Waals surface area contributed by atoms with Gasteiger partial charge in [-0.1, -0.05) is 0 Å². The molecular formula is C15H20N6O. The fourth-order valence-electron chi connectivity index (χ4n) is 2.55. The van der Waals surface area contributed by atoms with Crippen LogP contribution in [0.25, 0.3) is 0 Å². The van der Waals surface area contributed by atoms with Crippen molar-refractivity contribution in [1.29, 1.82) is 0 Å². The normalized spacial score (nSPS) is 19.1. The molecule has 22 heavy (non-hydrogen) atoms. The molecule has 2 aromatic rings. The molecule has 1 saturated heterocycles. The van der Waals surface area contributed by atoms with Gasteiger partial charge in [-0.25, -0.2) is 9.97 Å². The second kappa shape index (κ2) is 6.76. The van der Waals surface area contributed by atoms with Crippen molar-refractivity contribution in [3.8, 4) is 0 Å². The monoisotopic (exact) mass is 300 g/mol. The van der Waals surface area contributed by atoms with E-state index in [-0.39, 0.29) is 6.04 Å². The van der Waals surface area contributed by atoms with Crippen LogP contribution in [-0.4, -0.2) is 51.6 Å². The molecule has 7 nitrogen and oxygen atoms in total. The van der Waals surface area contributed by atoms with Crippen molar-refractivity contribution in [1.82, 2.24) is 24.8 Å². The third-order valence-corrected chi connectivity index (χ3v) is 3.65. The molecule has 1 fully saturated rings. The summed E-state index contributed by atoms with van der Waals surface area (Å²) in [5, 5.41) is 3.08. The highest BCUT2D eigenvalue weighted by atomic mass is 16.5. The molecule has 0 spiro atoms. The van der Waals surface area contributed by atoms with Crippen LogP contribution in [0.4, 0.5) is 5.82 Å². The molecule has 1 atom stereocenters. The van der Waals surface area contributed by atoms with Gasteiger partial charge in [0.15, 0.2) is 0 Å². The van der Waals surface area contributed by atoms with E-state index < -0.39 is 0 Å².